The average molecular weight is 244 g/mol. The Kier molecular flexibility index (Phi) is 4.42. The highest BCUT2D eigenvalue weighted by Crippen LogP contribution is 2.13. The van der Waals surface area contributed by atoms with Gasteiger partial charge in [-0.3, -0.25) is 0 Å². The van der Waals surface area contributed by atoms with Crippen LogP contribution in [0.15, 0.2) is 47.3 Å². The van der Waals surface area contributed by atoms with Crippen LogP contribution in [0.4, 0.5) is 5.69 Å². The van der Waals surface area contributed by atoms with E-state index in [0.717, 1.165) is 31.6 Å². The topological polar surface area (TPSA) is 42.4 Å². The summed E-state index contributed by atoms with van der Waals surface area (Å²) < 4.78 is 5.06. The number of anilines is 1. The van der Waals surface area contributed by atoms with Crippen molar-refractivity contribution in [2.75, 3.05) is 19.3 Å². The lowest BCUT2D eigenvalue weighted by molar-refractivity contribution is 0.321. The molecule has 1 aromatic heterocycles. The summed E-state index contributed by atoms with van der Waals surface area (Å²) >= 11 is 0. The fraction of sp³-hybridized carbons (Fsp3) is 0.333. The highest BCUT2D eigenvalue weighted by atomic mass is 16.3. The van der Waals surface area contributed by atoms with Gasteiger partial charge in [-0.15, -0.1) is 0 Å². The van der Waals surface area contributed by atoms with Crippen molar-refractivity contribution in [1.29, 1.82) is 0 Å². The largest absolute Gasteiger partial charge is 0.472 e. The van der Waals surface area contributed by atoms with Crippen molar-refractivity contribution in [2.24, 2.45) is 0 Å². The second-order valence-electron chi connectivity index (χ2n) is 4.67. The Morgan fingerprint density at radius 3 is 2.78 bits per heavy atom. The van der Waals surface area contributed by atoms with E-state index in [1.54, 1.807) is 12.5 Å². The van der Waals surface area contributed by atoms with Crippen LogP contribution in [0.25, 0.3) is 0 Å². The molecule has 0 saturated heterocycles. The van der Waals surface area contributed by atoms with E-state index in [0.29, 0.717) is 0 Å². The maximum absolute atomic E-state index is 5.92. The van der Waals surface area contributed by atoms with Crippen LogP contribution in [-0.2, 0) is 13.0 Å². The van der Waals surface area contributed by atoms with Crippen molar-refractivity contribution in [3.8, 4) is 0 Å². The zero-order chi connectivity index (χ0) is 12.8. The Morgan fingerprint density at radius 1 is 1.22 bits per heavy atom. The molecule has 0 aliphatic heterocycles. The fourth-order valence-electron chi connectivity index (χ4n) is 2.07. The van der Waals surface area contributed by atoms with Gasteiger partial charge in [0.2, 0.25) is 0 Å². The summed E-state index contributed by atoms with van der Waals surface area (Å²) in [5, 5.41) is 0. The summed E-state index contributed by atoms with van der Waals surface area (Å²) in [5.41, 5.74) is 9.28. The third kappa shape index (κ3) is 3.64. The first-order valence-corrected chi connectivity index (χ1v) is 6.28. The Balaban J connectivity index is 1.74. The van der Waals surface area contributed by atoms with E-state index in [1.807, 2.05) is 24.3 Å². The normalized spacial score (nSPS) is 11.0. The van der Waals surface area contributed by atoms with E-state index in [4.69, 9.17) is 10.2 Å². The van der Waals surface area contributed by atoms with Gasteiger partial charge in [-0.2, -0.15) is 0 Å². The van der Waals surface area contributed by atoms with Gasteiger partial charge in [-0.1, -0.05) is 18.2 Å². The molecule has 18 heavy (non-hydrogen) atoms. The lowest BCUT2D eigenvalue weighted by Gasteiger charge is -2.15. The quantitative estimate of drug-likeness (QED) is 0.794. The Labute approximate surface area is 108 Å². The number of nitrogens with zero attached hydrogens (tertiary/aromatic N) is 1. The number of para-hydroxylation sites is 1. The molecule has 0 radical (unpaired) electrons. The second-order valence-corrected chi connectivity index (χ2v) is 4.67. The van der Waals surface area contributed by atoms with E-state index in [2.05, 4.69) is 18.0 Å². The molecule has 2 aromatic rings. The van der Waals surface area contributed by atoms with E-state index in [1.165, 1.54) is 11.1 Å². The molecule has 0 atom stereocenters. The van der Waals surface area contributed by atoms with Crippen LogP contribution in [0.2, 0.25) is 0 Å². The number of rotatable bonds is 6. The van der Waals surface area contributed by atoms with Crippen molar-refractivity contribution < 1.29 is 4.42 Å². The number of aryl methyl sites for hydroxylation is 1. The van der Waals surface area contributed by atoms with Gasteiger partial charge in [0.25, 0.3) is 0 Å². The first-order valence-electron chi connectivity index (χ1n) is 6.28. The monoisotopic (exact) mass is 244 g/mol. The van der Waals surface area contributed by atoms with Crippen LogP contribution < -0.4 is 5.73 Å². The number of nitrogens with two attached hydrogens (primary N) is 1. The summed E-state index contributed by atoms with van der Waals surface area (Å²) in [7, 11) is 2.13. The van der Waals surface area contributed by atoms with Gasteiger partial charge in [0.05, 0.1) is 12.5 Å². The van der Waals surface area contributed by atoms with E-state index < -0.39 is 0 Å². The third-order valence-corrected chi connectivity index (χ3v) is 3.07. The van der Waals surface area contributed by atoms with Crippen LogP contribution in [-0.4, -0.2) is 18.5 Å². The molecule has 0 saturated carbocycles. The number of hydrogen-bond acceptors (Lipinski definition) is 3. The van der Waals surface area contributed by atoms with Crippen LogP contribution in [0.3, 0.4) is 0 Å². The molecule has 2 rings (SSSR count). The Morgan fingerprint density at radius 2 is 2.06 bits per heavy atom. The summed E-state index contributed by atoms with van der Waals surface area (Å²) in [6.45, 7) is 1.99. The standard InChI is InChI=1S/C15H20N2O/c1-17(11-13-8-10-18-12-13)9-4-6-14-5-2-3-7-15(14)16/h2-3,5,7-8,10,12H,4,6,9,11,16H2,1H3. The van der Waals surface area contributed by atoms with Gasteiger partial charge < -0.3 is 15.1 Å². The van der Waals surface area contributed by atoms with Crippen molar-refractivity contribution in [3.63, 3.8) is 0 Å². The Hall–Kier alpha value is -1.74. The molecule has 3 nitrogen and oxygen atoms in total. The van der Waals surface area contributed by atoms with Gasteiger partial charge in [-0.25, -0.2) is 0 Å². The average Bonchev–Trinajstić information content (AvgIpc) is 2.84. The molecular formula is C15H20N2O. The minimum absolute atomic E-state index is 0.898. The SMILES string of the molecule is CN(CCCc1ccccc1N)Cc1ccoc1. The molecule has 0 unspecified atom stereocenters. The molecule has 0 bridgehead atoms. The number of hydrogen-bond donors (Lipinski definition) is 1. The molecule has 96 valence electrons. The molecule has 2 N–H and O–H groups in total. The van der Waals surface area contributed by atoms with Gasteiger partial charge >= 0.3 is 0 Å². The molecule has 0 amide bonds. The van der Waals surface area contributed by atoms with Gasteiger partial charge in [0.1, 0.15) is 0 Å². The van der Waals surface area contributed by atoms with E-state index >= 15 is 0 Å². The zero-order valence-electron chi connectivity index (χ0n) is 10.8. The van der Waals surface area contributed by atoms with E-state index in [9.17, 15) is 0 Å². The molecule has 3 heteroatoms. The van der Waals surface area contributed by atoms with Crippen LogP contribution in [0, 0.1) is 0 Å². The third-order valence-electron chi connectivity index (χ3n) is 3.07. The zero-order valence-corrected chi connectivity index (χ0v) is 10.8. The predicted octanol–water partition coefficient (Wildman–Crippen LogP) is 2.93. The second kappa shape index (κ2) is 6.26. The van der Waals surface area contributed by atoms with Gasteiger partial charge in [0.15, 0.2) is 0 Å². The van der Waals surface area contributed by atoms with Gasteiger partial charge in [0, 0.05) is 17.8 Å². The lowest BCUT2D eigenvalue weighted by Crippen LogP contribution is -2.19. The maximum Gasteiger partial charge on any atom is 0.0947 e. The van der Waals surface area contributed by atoms with Crippen molar-refractivity contribution in [1.82, 2.24) is 4.90 Å². The molecule has 1 aromatic carbocycles. The smallest absolute Gasteiger partial charge is 0.0947 e. The number of nitrogen functional groups attached to an aromatic ring is 1. The Bertz CT molecular complexity index is 465. The highest BCUT2D eigenvalue weighted by Gasteiger charge is 2.03. The molecule has 0 fully saturated rings. The summed E-state index contributed by atoms with van der Waals surface area (Å²) in [4.78, 5) is 2.30. The van der Waals surface area contributed by atoms with Crippen molar-refractivity contribution in [3.05, 3.63) is 54.0 Å². The molecule has 0 aliphatic rings. The molecule has 1 heterocycles. The molecule has 0 spiro atoms. The molecule has 0 aliphatic carbocycles. The van der Waals surface area contributed by atoms with Crippen molar-refractivity contribution >= 4 is 5.69 Å². The summed E-state index contributed by atoms with van der Waals surface area (Å²) in [6, 6.07) is 10.1. The highest BCUT2D eigenvalue weighted by molar-refractivity contribution is 5.46. The van der Waals surface area contributed by atoms with E-state index in [-0.39, 0.29) is 0 Å². The predicted molar refractivity (Wildman–Crippen MR) is 74.2 cm³/mol. The lowest BCUT2D eigenvalue weighted by atomic mass is 10.1. The van der Waals surface area contributed by atoms with Crippen LogP contribution >= 0.6 is 0 Å². The number of furan rings is 1. The first kappa shape index (κ1) is 12.7. The van der Waals surface area contributed by atoms with Crippen molar-refractivity contribution in [2.45, 2.75) is 19.4 Å². The minimum atomic E-state index is 0.898. The maximum atomic E-state index is 5.92. The summed E-state index contributed by atoms with van der Waals surface area (Å²) in [5.74, 6) is 0. The van der Waals surface area contributed by atoms with Gasteiger partial charge in [-0.05, 0) is 44.1 Å². The minimum Gasteiger partial charge on any atom is -0.472 e. The molecular weight excluding hydrogens is 224 g/mol. The summed E-state index contributed by atoms with van der Waals surface area (Å²) in [6.07, 6.45) is 5.66. The number of benzene rings is 1. The first-order chi connectivity index (χ1) is 8.75. The van der Waals surface area contributed by atoms with Crippen LogP contribution in [0.1, 0.15) is 17.5 Å². The fourth-order valence-corrected chi connectivity index (χ4v) is 2.07. The van der Waals surface area contributed by atoms with Crippen LogP contribution in [0.5, 0.6) is 0 Å².